The van der Waals surface area contributed by atoms with Gasteiger partial charge in [0.15, 0.2) is 0 Å². The fourth-order valence-corrected chi connectivity index (χ4v) is 2.28. The number of nitrogens with zero attached hydrogens (tertiary/aromatic N) is 2. The number of halogens is 1. The third-order valence-electron chi connectivity index (χ3n) is 2.92. The molecule has 15 heavy (non-hydrogen) atoms. The SMILES string of the molecule is Cc1cc(CCl)cnc1N1CCCCC1. The minimum absolute atomic E-state index is 0.550. The van der Waals surface area contributed by atoms with Crippen LogP contribution in [0.1, 0.15) is 30.4 Å². The normalized spacial score (nSPS) is 16.8. The zero-order valence-electron chi connectivity index (χ0n) is 9.17. The summed E-state index contributed by atoms with van der Waals surface area (Å²) in [7, 11) is 0. The van der Waals surface area contributed by atoms with Gasteiger partial charge in [0.05, 0.1) is 0 Å². The maximum absolute atomic E-state index is 5.78. The van der Waals surface area contributed by atoms with Crippen molar-refractivity contribution in [2.24, 2.45) is 0 Å². The molecule has 1 fully saturated rings. The number of rotatable bonds is 2. The number of aryl methyl sites for hydroxylation is 1. The molecule has 0 aliphatic carbocycles. The van der Waals surface area contributed by atoms with E-state index in [1.807, 2.05) is 6.20 Å². The zero-order chi connectivity index (χ0) is 10.7. The van der Waals surface area contributed by atoms with E-state index in [4.69, 9.17) is 11.6 Å². The van der Waals surface area contributed by atoms with E-state index in [1.54, 1.807) is 0 Å². The Balaban J connectivity index is 2.19. The first-order chi connectivity index (χ1) is 7.31. The molecule has 0 bridgehead atoms. The highest BCUT2D eigenvalue weighted by molar-refractivity contribution is 6.17. The molecule has 2 rings (SSSR count). The van der Waals surface area contributed by atoms with Gasteiger partial charge in [0.25, 0.3) is 0 Å². The Hall–Kier alpha value is -0.760. The largest absolute Gasteiger partial charge is 0.356 e. The number of piperidine rings is 1. The molecule has 1 saturated heterocycles. The van der Waals surface area contributed by atoms with E-state index in [-0.39, 0.29) is 0 Å². The molecule has 2 nitrogen and oxygen atoms in total. The maximum Gasteiger partial charge on any atom is 0.131 e. The van der Waals surface area contributed by atoms with Crippen molar-refractivity contribution in [2.75, 3.05) is 18.0 Å². The van der Waals surface area contributed by atoms with Gasteiger partial charge in [-0.15, -0.1) is 11.6 Å². The van der Waals surface area contributed by atoms with Crippen LogP contribution < -0.4 is 4.90 Å². The van der Waals surface area contributed by atoms with Crippen LogP contribution in [0.25, 0.3) is 0 Å². The Labute approximate surface area is 96.3 Å². The van der Waals surface area contributed by atoms with Gasteiger partial charge >= 0.3 is 0 Å². The molecule has 0 atom stereocenters. The Bertz CT molecular complexity index is 332. The molecule has 1 aromatic rings. The number of alkyl halides is 1. The zero-order valence-corrected chi connectivity index (χ0v) is 9.93. The van der Waals surface area contributed by atoms with Crippen LogP contribution in [0.15, 0.2) is 12.3 Å². The number of anilines is 1. The second-order valence-electron chi connectivity index (χ2n) is 4.17. The monoisotopic (exact) mass is 224 g/mol. The Morgan fingerprint density at radius 2 is 2.07 bits per heavy atom. The lowest BCUT2D eigenvalue weighted by Gasteiger charge is -2.29. The van der Waals surface area contributed by atoms with Gasteiger partial charge in [-0.3, -0.25) is 0 Å². The van der Waals surface area contributed by atoms with E-state index < -0.39 is 0 Å². The van der Waals surface area contributed by atoms with Gasteiger partial charge in [0.2, 0.25) is 0 Å². The van der Waals surface area contributed by atoms with Crippen molar-refractivity contribution in [1.82, 2.24) is 4.98 Å². The van der Waals surface area contributed by atoms with Crippen LogP contribution in [0.4, 0.5) is 5.82 Å². The van der Waals surface area contributed by atoms with E-state index in [9.17, 15) is 0 Å². The molecule has 0 aromatic carbocycles. The minimum atomic E-state index is 0.550. The summed E-state index contributed by atoms with van der Waals surface area (Å²) in [6.07, 6.45) is 5.83. The molecule has 1 aromatic heterocycles. The van der Waals surface area contributed by atoms with Crippen molar-refractivity contribution in [3.05, 3.63) is 23.4 Å². The van der Waals surface area contributed by atoms with Crippen LogP contribution in [0.3, 0.4) is 0 Å². The molecular formula is C12H17ClN2. The van der Waals surface area contributed by atoms with Crippen LogP contribution in [-0.4, -0.2) is 18.1 Å². The summed E-state index contributed by atoms with van der Waals surface area (Å²) in [6.45, 7) is 4.41. The van der Waals surface area contributed by atoms with E-state index in [2.05, 4.69) is 22.9 Å². The smallest absolute Gasteiger partial charge is 0.131 e. The Morgan fingerprint density at radius 1 is 1.33 bits per heavy atom. The minimum Gasteiger partial charge on any atom is -0.356 e. The molecule has 2 heterocycles. The molecular weight excluding hydrogens is 208 g/mol. The topological polar surface area (TPSA) is 16.1 Å². The molecule has 1 aliphatic rings. The highest BCUT2D eigenvalue weighted by atomic mass is 35.5. The third kappa shape index (κ3) is 2.43. The van der Waals surface area contributed by atoms with Crippen molar-refractivity contribution in [3.8, 4) is 0 Å². The van der Waals surface area contributed by atoms with Crippen molar-refractivity contribution >= 4 is 17.4 Å². The lowest BCUT2D eigenvalue weighted by Crippen LogP contribution is -2.30. The number of hydrogen-bond acceptors (Lipinski definition) is 2. The Morgan fingerprint density at radius 3 is 2.67 bits per heavy atom. The van der Waals surface area contributed by atoms with Crippen LogP contribution in [0.2, 0.25) is 0 Å². The molecule has 0 amide bonds. The summed E-state index contributed by atoms with van der Waals surface area (Å²) in [5.41, 5.74) is 2.35. The molecule has 1 aliphatic heterocycles. The fourth-order valence-electron chi connectivity index (χ4n) is 2.14. The molecule has 3 heteroatoms. The van der Waals surface area contributed by atoms with Crippen LogP contribution in [0.5, 0.6) is 0 Å². The van der Waals surface area contributed by atoms with Gasteiger partial charge in [0.1, 0.15) is 5.82 Å². The molecule has 0 saturated carbocycles. The predicted molar refractivity (Wildman–Crippen MR) is 64.6 cm³/mol. The quantitative estimate of drug-likeness (QED) is 0.718. The molecule has 0 spiro atoms. The highest BCUT2D eigenvalue weighted by Gasteiger charge is 2.13. The van der Waals surface area contributed by atoms with E-state index in [0.717, 1.165) is 24.5 Å². The first-order valence-electron chi connectivity index (χ1n) is 5.57. The second-order valence-corrected chi connectivity index (χ2v) is 4.43. The van der Waals surface area contributed by atoms with Crippen molar-refractivity contribution in [2.45, 2.75) is 32.1 Å². The van der Waals surface area contributed by atoms with E-state index >= 15 is 0 Å². The molecule has 0 radical (unpaired) electrons. The van der Waals surface area contributed by atoms with Crippen LogP contribution in [-0.2, 0) is 5.88 Å². The fraction of sp³-hybridized carbons (Fsp3) is 0.583. The lowest BCUT2D eigenvalue weighted by atomic mass is 10.1. The highest BCUT2D eigenvalue weighted by Crippen LogP contribution is 2.22. The van der Waals surface area contributed by atoms with E-state index in [1.165, 1.54) is 24.8 Å². The summed E-state index contributed by atoms with van der Waals surface area (Å²) in [5, 5.41) is 0. The average Bonchev–Trinajstić information content (AvgIpc) is 2.30. The summed E-state index contributed by atoms with van der Waals surface area (Å²) >= 11 is 5.78. The standard InChI is InChI=1S/C12H17ClN2/c1-10-7-11(8-13)9-14-12(10)15-5-3-2-4-6-15/h7,9H,2-6,8H2,1H3. The number of pyridine rings is 1. The lowest BCUT2D eigenvalue weighted by molar-refractivity contribution is 0.572. The van der Waals surface area contributed by atoms with Gasteiger partial charge in [-0.05, 0) is 43.4 Å². The van der Waals surface area contributed by atoms with Gasteiger partial charge in [-0.2, -0.15) is 0 Å². The van der Waals surface area contributed by atoms with Crippen molar-refractivity contribution < 1.29 is 0 Å². The maximum atomic E-state index is 5.78. The molecule has 0 N–H and O–H groups in total. The number of aromatic nitrogens is 1. The molecule has 0 unspecified atom stereocenters. The summed E-state index contributed by atoms with van der Waals surface area (Å²) in [6, 6.07) is 2.14. The summed E-state index contributed by atoms with van der Waals surface area (Å²) in [5.74, 6) is 1.69. The van der Waals surface area contributed by atoms with Gasteiger partial charge in [-0.1, -0.05) is 0 Å². The third-order valence-corrected chi connectivity index (χ3v) is 3.23. The van der Waals surface area contributed by atoms with Crippen LogP contribution in [0, 0.1) is 6.92 Å². The first-order valence-corrected chi connectivity index (χ1v) is 6.11. The van der Waals surface area contributed by atoms with E-state index in [0.29, 0.717) is 5.88 Å². The van der Waals surface area contributed by atoms with Crippen molar-refractivity contribution in [1.29, 1.82) is 0 Å². The summed E-state index contributed by atoms with van der Waals surface area (Å²) in [4.78, 5) is 6.90. The van der Waals surface area contributed by atoms with Crippen LogP contribution >= 0.6 is 11.6 Å². The second kappa shape index (κ2) is 4.84. The van der Waals surface area contributed by atoms with Gasteiger partial charge < -0.3 is 4.90 Å². The predicted octanol–water partition coefficient (Wildman–Crippen LogP) is 3.12. The van der Waals surface area contributed by atoms with Gasteiger partial charge in [0, 0.05) is 25.2 Å². The summed E-state index contributed by atoms with van der Waals surface area (Å²) < 4.78 is 0. The first kappa shape index (κ1) is 10.7. The van der Waals surface area contributed by atoms with Crippen molar-refractivity contribution in [3.63, 3.8) is 0 Å². The average molecular weight is 225 g/mol. The van der Waals surface area contributed by atoms with Gasteiger partial charge in [-0.25, -0.2) is 4.98 Å². The Kier molecular flexibility index (Phi) is 3.47. The number of hydrogen-bond donors (Lipinski definition) is 0. The molecule has 82 valence electrons.